The van der Waals surface area contributed by atoms with Gasteiger partial charge in [-0.1, -0.05) is 0 Å². The lowest BCUT2D eigenvalue weighted by Gasteiger charge is -2.01. The van der Waals surface area contributed by atoms with E-state index in [1.165, 1.54) is 11.0 Å². The van der Waals surface area contributed by atoms with Crippen molar-refractivity contribution in [1.82, 2.24) is 25.5 Å². The number of carbonyl (C=O) groups excluding carboxylic acids is 1. The van der Waals surface area contributed by atoms with Crippen LogP contribution >= 0.6 is 0 Å². The van der Waals surface area contributed by atoms with E-state index in [0.29, 0.717) is 0 Å². The van der Waals surface area contributed by atoms with Gasteiger partial charge in [-0.05, 0) is 16.8 Å². The van der Waals surface area contributed by atoms with Crippen molar-refractivity contribution in [2.45, 2.75) is 25.0 Å². The number of rotatable bonds is 3. The van der Waals surface area contributed by atoms with Crippen molar-refractivity contribution in [2.24, 2.45) is 5.73 Å². The number of hydrogen-bond donors (Lipinski definition) is 2. The van der Waals surface area contributed by atoms with Crippen LogP contribution in [0.2, 0.25) is 0 Å². The molecule has 0 aliphatic heterocycles. The highest BCUT2D eigenvalue weighted by Gasteiger charge is 2.34. The van der Waals surface area contributed by atoms with Gasteiger partial charge in [0.25, 0.3) is 0 Å². The van der Waals surface area contributed by atoms with Gasteiger partial charge in [0, 0.05) is 12.1 Å². The number of carbonyl (C=O) groups is 1. The molecule has 3 N–H and O–H groups in total. The minimum absolute atomic E-state index is 0.106. The lowest BCUT2D eigenvalue weighted by atomic mass is 10.5. The van der Waals surface area contributed by atoms with Crippen molar-refractivity contribution in [1.29, 1.82) is 0 Å². The zero-order valence-electron chi connectivity index (χ0n) is 6.92. The fraction of sp³-hybridized carbons (Fsp3) is 0.667. The minimum atomic E-state index is -0.106. The van der Waals surface area contributed by atoms with Crippen molar-refractivity contribution in [3.63, 3.8) is 0 Å². The summed E-state index contributed by atoms with van der Waals surface area (Å²) in [4.78, 5) is 11.2. The number of tetrazole rings is 1. The fourth-order valence-corrected chi connectivity index (χ4v) is 1.03. The summed E-state index contributed by atoms with van der Waals surface area (Å²) in [7, 11) is 0. The number of nitrogens with zero attached hydrogens (tertiary/aromatic N) is 4. The Labute approximate surface area is 74.3 Å². The Hall–Kier alpha value is -1.50. The first-order chi connectivity index (χ1) is 6.25. The van der Waals surface area contributed by atoms with Crippen molar-refractivity contribution < 1.29 is 4.79 Å². The van der Waals surface area contributed by atoms with E-state index in [0.717, 1.165) is 6.42 Å². The highest BCUT2D eigenvalue weighted by Crippen LogP contribution is 2.17. The van der Waals surface area contributed by atoms with Gasteiger partial charge in [0.2, 0.25) is 5.91 Å². The van der Waals surface area contributed by atoms with E-state index in [2.05, 4.69) is 20.8 Å². The molecule has 1 fully saturated rings. The third kappa shape index (κ3) is 2.00. The molecule has 1 aliphatic carbocycles. The summed E-state index contributed by atoms with van der Waals surface area (Å²) in [5.74, 6) is -0.106. The third-order valence-corrected chi connectivity index (χ3v) is 1.88. The van der Waals surface area contributed by atoms with E-state index in [9.17, 15) is 4.79 Å². The summed E-state index contributed by atoms with van der Waals surface area (Å²) in [6.45, 7) is 0.149. The Morgan fingerprint density at radius 3 is 3.08 bits per heavy atom. The number of aromatic nitrogens is 4. The van der Waals surface area contributed by atoms with Gasteiger partial charge in [0.15, 0.2) is 0 Å². The summed E-state index contributed by atoms with van der Waals surface area (Å²) in [6.07, 6.45) is 2.26. The number of nitrogens with one attached hydrogen (secondary N) is 1. The molecule has 7 heteroatoms. The second kappa shape index (κ2) is 3.09. The smallest absolute Gasteiger partial charge is 0.242 e. The zero-order chi connectivity index (χ0) is 9.26. The first kappa shape index (κ1) is 8.11. The first-order valence-corrected chi connectivity index (χ1v) is 4.01. The van der Waals surface area contributed by atoms with Crippen LogP contribution in [0, 0.1) is 0 Å². The topological polar surface area (TPSA) is 98.7 Å². The molecule has 1 heterocycles. The lowest BCUT2D eigenvalue weighted by molar-refractivity contribution is -0.122. The summed E-state index contributed by atoms with van der Waals surface area (Å²) in [5, 5.41) is 13.2. The van der Waals surface area contributed by atoms with Gasteiger partial charge in [-0.3, -0.25) is 4.79 Å². The molecule has 1 aromatic rings. The Morgan fingerprint density at radius 2 is 2.54 bits per heavy atom. The second-order valence-electron chi connectivity index (χ2n) is 3.08. The van der Waals surface area contributed by atoms with Crippen LogP contribution in [0.5, 0.6) is 0 Å². The molecular weight excluding hydrogens is 172 g/mol. The predicted molar refractivity (Wildman–Crippen MR) is 42.3 cm³/mol. The maximum Gasteiger partial charge on any atom is 0.242 e. The van der Waals surface area contributed by atoms with Crippen LogP contribution in [0.4, 0.5) is 0 Å². The van der Waals surface area contributed by atoms with Gasteiger partial charge in [0.05, 0.1) is 0 Å². The SMILES string of the molecule is NC1CC1NC(=O)Cn1cnnn1. The van der Waals surface area contributed by atoms with E-state index in [4.69, 9.17) is 5.73 Å². The molecule has 1 aliphatic rings. The monoisotopic (exact) mass is 182 g/mol. The van der Waals surface area contributed by atoms with Gasteiger partial charge in [0.1, 0.15) is 12.9 Å². The van der Waals surface area contributed by atoms with Gasteiger partial charge < -0.3 is 11.1 Å². The van der Waals surface area contributed by atoms with Crippen LogP contribution in [0.3, 0.4) is 0 Å². The molecule has 70 valence electrons. The molecule has 1 amide bonds. The highest BCUT2D eigenvalue weighted by atomic mass is 16.2. The predicted octanol–water partition coefficient (Wildman–Crippen LogP) is -2.11. The van der Waals surface area contributed by atoms with Gasteiger partial charge >= 0.3 is 0 Å². The standard InChI is InChI=1S/C6H10N6O/c7-4-1-5(4)9-6(13)2-12-3-8-10-11-12/h3-5H,1-2,7H2,(H,9,13). The molecule has 2 unspecified atom stereocenters. The van der Waals surface area contributed by atoms with Crippen molar-refractivity contribution in [3.05, 3.63) is 6.33 Å². The number of hydrogen-bond acceptors (Lipinski definition) is 5. The number of nitrogens with two attached hydrogens (primary N) is 1. The van der Waals surface area contributed by atoms with Crippen LogP contribution in [0.25, 0.3) is 0 Å². The van der Waals surface area contributed by atoms with E-state index >= 15 is 0 Å². The maximum atomic E-state index is 11.2. The molecule has 0 radical (unpaired) electrons. The highest BCUT2D eigenvalue weighted by molar-refractivity contribution is 5.76. The van der Waals surface area contributed by atoms with Gasteiger partial charge in [-0.25, -0.2) is 4.68 Å². The average Bonchev–Trinajstić information content (AvgIpc) is 2.61. The maximum absolute atomic E-state index is 11.2. The van der Waals surface area contributed by atoms with Crippen molar-refractivity contribution in [3.8, 4) is 0 Å². The summed E-state index contributed by atoms with van der Waals surface area (Å²) in [5.41, 5.74) is 5.53. The normalized spacial score (nSPS) is 25.6. The third-order valence-electron chi connectivity index (χ3n) is 1.88. The molecule has 2 atom stereocenters. The molecular formula is C6H10N6O. The average molecular weight is 182 g/mol. The Morgan fingerprint density at radius 1 is 1.77 bits per heavy atom. The van der Waals surface area contributed by atoms with Crippen LogP contribution in [0.1, 0.15) is 6.42 Å². The van der Waals surface area contributed by atoms with Crippen LogP contribution in [-0.2, 0) is 11.3 Å². The van der Waals surface area contributed by atoms with Crippen molar-refractivity contribution >= 4 is 5.91 Å². The van der Waals surface area contributed by atoms with Gasteiger partial charge in [-0.15, -0.1) is 5.10 Å². The van der Waals surface area contributed by atoms with E-state index in [-0.39, 0.29) is 24.5 Å². The van der Waals surface area contributed by atoms with Crippen LogP contribution in [0.15, 0.2) is 6.33 Å². The number of amides is 1. The lowest BCUT2D eigenvalue weighted by Crippen LogP contribution is -2.32. The summed E-state index contributed by atoms with van der Waals surface area (Å²) < 4.78 is 1.36. The molecule has 13 heavy (non-hydrogen) atoms. The molecule has 0 aromatic carbocycles. The Kier molecular flexibility index (Phi) is 1.93. The molecule has 0 spiro atoms. The van der Waals surface area contributed by atoms with E-state index < -0.39 is 0 Å². The van der Waals surface area contributed by atoms with E-state index in [1.54, 1.807) is 0 Å². The largest absolute Gasteiger partial charge is 0.350 e. The minimum Gasteiger partial charge on any atom is -0.350 e. The summed E-state index contributed by atoms with van der Waals surface area (Å²) >= 11 is 0. The molecule has 0 saturated heterocycles. The first-order valence-electron chi connectivity index (χ1n) is 4.01. The zero-order valence-corrected chi connectivity index (χ0v) is 6.92. The van der Waals surface area contributed by atoms with Crippen molar-refractivity contribution in [2.75, 3.05) is 0 Å². The van der Waals surface area contributed by atoms with Gasteiger partial charge in [-0.2, -0.15) is 0 Å². The molecule has 1 saturated carbocycles. The fourth-order valence-electron chi connectivity index (χ4n) is 1.03. The van der Waals surface area contributed by atoms with Crippen LogP contribution < -0.4 is 11.1 Å². The summed E-state index contributed by atoms with van der Waals surface area (Å²) in [6, 6.07) is 0.266. The quantitative estimate of drug-likeness (QED) is 0.557. The molecule has 2 rings (SSSR count). The molecule has 7 nitrogen and oxygen atoms in total. The Bertz CT molecular complexity index is 296. The molecule has 1 aromatic heterocycles. The van der Waals surface area contributed by atoms with Crippen LogP contribution in [-0.4, -0.2) is 38.2 Å². The van der Waals surface area contributed by atoms with E-state index in [1.807, 2.05) is 0 Å². The molecule has 0 bridgehead atoms. The second-order valence-corrected chi connectivity index (χ2v) is 3.08. The Balaban J connectivity index is 1.79.